The minimum Gasteiger partial charge on any atom is -0.480 e. The van der Waals surface area contributed by atoms with E-state index in [-0.39, 0.29) is 0 Å². The van der Waals surface area contributed by atoms with Gasteiger partial charge in [0, 0.05) is 6.04 Å². The van der Waals surface area contributed by atoms with Crippen molar-refractivity contribution in [3.05, 3.63) is 0 Å². The summed E-state index contributed by atoms with van der Waals surface area (Å²) in [5.41, 5.74) is -0.466. The molecule has 3 heteroatoms. The predicted molar refractivity (Wildman–Crippen MR) is 49.5 cm³/mol. The van der Waals surface area contributed by atoms with E-state index in [0.717, 1.165) is 25.8 Å². The lowest BCUT2D eigenvalue weighted by atomic mass is 10.0. The molecule has 2 atom stereocenters. The fraction of sp³-hybridized carbons (Fsp3) is 0.900. The highest BCUT2D eigenvalue weighted by atomic mass is 16.4. The number of carbonyl (C=O) groups is 1. The van der Waals surface area contributed by atoms with Crippen LogP contribution in [0.15, 0.2) is 0 Å². The Morgan fingerprint density at radius 1 is 1.62 bits per heavy atom. The SMILES string of the molecule is CC(C)N1CCC[C@H]2CC21C(=O)O. The predicted octanol–water partition coefficient (Wildman–Crippen LogP) is 1.33. The van der Waals surface area contributed by atoms with Crippen molar-refractivity contribution in [1.82, 2.24) is 4.90 Å². The molecule has 0 radical (unpaired) electrons. The van der Waals surface area contributed by atoms with Crippen LogP contribution in [0.5, 0.6) is 0 Å². The van der Waals surface area contributed by atoms with Crippen LogP contribution in [0.1, 0.15) is 33.1 Å². The molecule has 13 heavy (non-hydrogen) atoms. The topological polar surface area (TPSA) is 40.5 Å². The van der Waals surface area contributed by atoms with Gasteiger partial charge in [-0.15, -0.1) is 0 Å². The summed E-state index contributed by atoms with van der Waals surface area (Å²) >= 11 is 0. The van der Waals surface area contributed by atoms with Gasteiger partial charge in [-0.05, 0) is 45.6 Å². The van der Waals surface area contributed by atoms with Gasteiger partial charge in [0.2, 0.25) is 0 Å². The molecule has 0 spiro atoms. The molecule has 2 aliphatic rings. The zero-order valence-electron chi connectivity index (χ0n) is 8.29. The molecule has 3 nitrogen and oxygen atoms in total. The van der Waals surface area contributed by atoms with E-state index in [1.54, 1.807) is 0 Å². The first-order valence-corrected chi connectivity index (χ1v) is 5.09. The number of nitrogens with zero attached hydrogens (tertiary/aromatic N) is 1. The number of fused-ring (bicyclic) bond motifs is 1. The number of hydrogen-bond donors (Lipinski definition) is 1. The summed E-state index contributed by atoms with van der Waals surface area (Å²) in [6, 6.07) is 0.362. The summed E-state index contributed by atoms with van der Waals surface area (Å²) in [4.78, 5) is 13.4. The molecule has 0 amide bonds. The lowest BCUT2D eigenvalue weighted by Gasteiger charge is -2.36. The molecule has 1 N–H and O–H groups in total. The molecular weight excluding hydrogens is 166 g/mol. The fourth-order valence-electron chi connectivity index (χ4n) is 2.82. The van der Waals surface area contributed by atoms with E-state index in [9.17, 15) is 9.90 Å². The van der Waals surface area contributed by atoms with E-state index >= 15 is 0 Å². The highest BCUT2D eigenvalue weighted by Gasteiger charge is 2.65. The molecule has 0 aromatic heterocycles. The van der Waals surface area contributed by atoms with Crippen LogP contribution < -0.4 is 0 Å². The lowest BCUT2D eigenvalue weighted by Crippen LogP contribution is -2.51. The minimum atomic E-state index is -0.606. The van der Waals surface area contributed by atoms with E-state index < -0.39 is 11.5 Å². The van der Waals surface area contributed by atoms with E-state index in [0.29, 0.717) is 12.0 Å². The Bertz CT molecular complexity index is 239. The second kappa shape index (κ2) is 2.71. The Labute approximate surface area is 78.7 Å². The third-order valence-electron chi connectivity index (χ3n) is 3.53. The number of likely N-dealkylation sites (tertiary alicyclic amines) is 1. The minimum absolute atomic E-state index is 0.362. The number of carboxylic acids is 1. The first-order chi connectivity index (χ1) is 6.09. The van der Waals surface area contributed by atoms with Gasteiger partial charge in [-0.2, -0.15) is 0 Å². The van der Waals surface area contributed by atoms with Gasteiger partial charge in [-0.25, -0.2) is 0 Å². The number of hydrogen-bond acceptors (Lipinski definition) is 2. The zero-order chi connectivity index (χ0) is 9.64. The molecule has 1 saturated carbocycles. The summed E-state index contributed by atoms with van der Waals surface area (Å²) in [6.07, 6.45) is 3.15. The van der Waals surface area contributed by atoms with Gasteiger partial charge in [0.15, 0.2) is 0 Å². The quantitative estimate of drug-likeness (QED) is 0.702. The Morgan fingerprint density at radius 3 is 2.77 bits per heavy atom. The van der Waals surface area contributed by atoms with Crippen molar-refractivity contribution in [2.75, 3.05) is 6.54 Å². The van der Waals surface area contributed by atoms with E-state index in [4.69, 9.17) is 0 Å². The molecule has 0 aromatic carbocycles. The number of aliphatic carboxylic acids is 1. The van der Waals surface area contributed by atoms with E-state index in [1.165, 1.54) is 0 Å². The Hall–Kier alpha value is -0.570. The van der Waals surface area contributed by atoms with Crippen LogP contribution >= 0.6 is 0 Å². The largest absolute Gasteiger partial charge is 0.480 e. The van der Waals surface area contributed by atoms with Gasteiger partial charge in [0.1, 0.15) is 5.54 Å². The Balaban J connectivity index is 2.21. The van der Waals surface area contributed by atoms with Gasteiger partial charge in [-0.1, -0.05) is 0 Å². The molecule has 0 aromatic rings. The summed E-state index contributed by atoms with van der Waals surface area (Å²) < 4.78 is 0. The van der Waals surface area contributed by atoms with Gasteiger partial charge < -0.3 is 5.11 Å². The van der Waals surface area contributed by atoms with Crippen LogP contribution in [0, 0.1) is 5.92 Å². The molecular formula is C10H17NO2. The molecule has 1 aliphatic carbocycles. The van der Waals surface area contributed by atoms with Crippen LogP contribution in [0.4, 0.5) is 0 Å². The Morgan fingerprint density at radius 2 is 2.31 bits per heavy atom. The first kappa shape index (κ1) is 9.00. The van der Waals surface area contributed by atoms with E-state index in [1.807, 2.05) is 0 Å². The molecule has 2 rings (SSSR count). The van der Waals surface area contributed by atoms with Gasteiger partial charge in [0.25, 0.3) is 0 Å². The molecule has 2 fully saturated rings. The highest BCUT2D eigenvalue weighted by molar-refractivity contribution is 5.83. The summed E-state index contributed by atoms with van der Waals surface area (Å²) in [5.74, 6) is -0.174. The van der Waals surface area contributed by atoms with Crippen molar-refractivity contribution in [2.45, 2.75) is 44.7 Å². The van der Waals surface area contributed by atoms with Crippen molar-refractivity contribution in [1.29, 1.82) is 0 Å². The van der Waals surface area contributed by atoms with Crippen molar-refractivity contribution in [2.24, 2.45) is 5.92 Å². The molecule has 1 saturated heterocycles. The summed E-state index contributed by atoms with van der Waals surface area (Å²) in [5, 5.41) is 9.22. The van der Waals surface area contributed by atoms with Crippen LogP contribution in [0.3, 0.4) is 0 Å². The smallest absolute Gasteiger partial charge is 0.324 e. The van der Waals surface area contributed by atoms with Crippen molar-refractivity contribution in [3.8, 4) is 0 Å². The van der Waals surface area contributed by atoms with Gasteiger partial charge >= 0.3 is 5.97 Å². The molecule has 0 bridgehead atoms. The second-order valence-electron chi connectivity index (χ2n) is 4.56. The fourth-order valence-corrected chi connectivity index (χ4v) is 2.82. The third kappa shape index (κ3) is 1.10. The Kier molecular flexibility index (Phi) is 1.88. The highest BCUT2D eigenvalue weighted by Crippen LogP contribution is 2.54. The number of piperidine rings is 1. The van der Waals surface area contributed by atoms with Crippen LogP contribution in [-0.4, -0.2) is 34.1 Å². The molecule has 74 valence electrons. The van der Waals surface area contributed by atoms with Crippen LogP contribution in [-0.2, 0) is 4.79 Å². The molecule has 1 aliphatic heterocycles. The average molecular weight is 183 g/mol. The number of carboxylic acid groups (broad SMARTS) is 1. The maximum atomic E-state index is 11.2. The van der Waals surface area contributed by atoms with Gasteiger partial charge in [-0.3, -0.25) is 9.69 Å². The van der Waals surface area contributed by atoms with Crippen molar-refractivity contribution >= 4 is 5.97 Å². The third-order valence-corrected chi connectivity index (χ3v) is 3.53. The summed E-state index contributed by atoms with van der Waals surface area (Å²) in [7, 11) is 0. The van der Waals surface area contributed by atoms with E-state index in [2.05, 4.69) is 18.7 Å². The zero-order valence-corrected chi connectivity index (χ0v) is 8.29. The maximum Gasteiger partial charge on any atom is 0.324 e. The summed E-state index contributed by atoms with van der Waals surface area (Å²) in [6.45, 7) is 5.14. The second-order valence-corrected chi connectivity index (χ2v) is 4.56. The first-order valence-electron chi connectivity index (χ1n) is 5.09. The van der Waals surface area contributed by atoms with Crippen molar-refractivity contribution in [3.63, 3.8) is 0 Å². The van der Waals surface area contributed by atoms with Gasteiger partial charge in [0.05, 0.1) is 0 Å². The normalized spacial score (nSPS) is 38.8. The molecule has 1 unspecified atom stereocenters. The standard InChI is InChI=1S/C10H17NO2/c1-7(2)11-5-3-4-8-6-10(8,11)9(12)13/h7-8H,3-6H2,1-2H3,(H,12,13)/t8-,10?/m0/s1. The maximum absolute atomic E-state index is 11.2. The molecule has 1 heterocycles. The van der Waals surface area contributed by atoms with Crippen LogP contribution in [0.2, 0.25) is 0 Å². The average Bonchev–Trinajstić information content (AvgIpc) is 2.77. The monoisotopic (exact) mass is 183 g/mol. The van der Waals surface area contributed by atoms with Crippen molar-refractivity contribution < 1.29 is 9.90 Å². The van der Waals surface area contributed by atoms with Crippen LogP contribution in [0.25, 0.3) is 0 Å². The number of rotatable bonds is 2. The lowest BCUT2D eigenvalue weighted by molar-refractivity contribution is -0.148.